The second-order valence-electron chi connectivity index (χ2n) is 7.24. The number of anilines is 1. The van der Waals surface area contributed by atoms with Gasteiger partial charge >= 0.3 is 0 Å². The van der Waals surface area contributed by atoms with E-state index in [0.29, 0.717) is 22.4 Å². The van der Waals surface area contributed by atoms with Crippen molar-refractivity contribution < 1.29 is 0 Å². The molecule has 0 radical (unpaired) electrons. The topological polar surface area (TPSA) is 95.6 Å². The van der Waals surface area contributed by atoms with Crippen molar-refractivity contribution in [2.75, 3.05) is 5.73 Å². The van der Waals surface area contributed by atoms with Crippen molar-refractivity contribution in [2.24, 2.45) is 5.73 Å². The number of nitrogens with zero attached hydrogens (tertiary/aromatic N) is 4. The third kappa shape index (κ3) is 2.65. The summed E-state index contributed by atoms with van der Waals surface area (Å²) >= 11 is 6.17. The Morgan fingerprint density at radius 2 is 1.79 bits per heavy atom. The zero-order chi connectivity index (χ0) is 19.3. The standard InChI is InChI=1S/C21H19ClN6/c22-17-9-8-16-20(27-17)28(19(26-16)15-3-1-12-25-18(15)23)14-6-4-13(5-7-14)21(24)10-2-11-21/h1,3-9,12H,2,10-11,24H2,(H2,23,25). The van der Waals surface area contributed by atoms with E-state index in [2.05, 4.69) is 22.1 Å². The van der Waals surface area contributed by atoms with E-state index in [0.717, 1.165) is 35.2 Å². The zero-order valence-corrected chi connectivity index (χ0v) is 15.9. The zero-order valence-electron chi connectivity index (χ0n) is 15.1. The van der Waals surface area contributed by atoms with E-state index in [9.17, 15) is 0 Å². The maximum absolute atomic E-state index is 6.47. The number of rotatable bonds is 3. The van der Waals surface area contributed by atoms with Gasteiger partial charge in [-0.1, -0.05) is 23.7 Å². The van der Waals surface area contributed by atoms with Crippen LogP contribution in [0.25, 0.3) is 28.2 Å². The minimum absolute atomic E-state index is 0.201. The molecule has 1 aliphatic carbocycles. The average molecular weight is 391 g/mol. The van der Waals surface area contributed by atoms with Crippen LogP contribution < -0.4 is 11.5 Å². The monoisotopic (exact) mass is 390 g/mol. The molecule has 3 heterocycles. The van der Waals surface area contributed by atoms with Gasteiger partial charge in [-0.3, -0.25) is 4.57 Å². The SMILES string of the molecule is Nc1ncccc1-c1nc2ccc(Cl)nc2n1-c1ccc(C2(N)CCC2)cc1. The number of halogens is 1. The van der Waals surface area contributed by atoms with Gasteiger partial charge in [-0.25, -0.2) is 15.0 Å². The first-order valence-corrected chi connectivity index (χ1v) is 9.59. The van der Waals surface area contributed by atoms with Crippen molar-refractivity contribution in [2.45, 2.75) is 24.8 Å². The fraction of sp³-hybridized carbons (Fsp3) is 0.190. The van der Waals surface area contributed by atoms with Gasteiger partial charge in [0.25, 0.3) is 0 Å². The molecule has 1 fully saturated rings. The van der Waals surface area contributed by atoms with Gasteiger partial charge in [0.05, 0.1) is 5.56 Å². The molecular formula is C21H19ClN6. The lowest BCUT2D eigenvalue weighted by Gasteiger charge is -2.38. The molecule has 4 N–H and O–H groups in total. The van der Waals surface area contributed by atoms with Crippen LogP contribution in [0.4, 0.5) is 5.82 Å². The third-order valence-electron chi connectivity index (χ3n) is 5.50. The second-order valence-corrected chi connectivity index (χ2v) is 7.63. The summed E-state index contributed by atoms with van der Waals surface area (Å²) in [4.78, 5) is 13.5. The lowest BCUT2D eigenvalue weighted by Crippen LogP contribution is -2.43. The van der Waals surface area contributed by atoms with Gasteiger partial charge in [-0.2, -0.15) is 0 Å². The van der Waals surface area contributed by atoms with Crippen molar-refractivity contribution in [3.8, 4) is 17.1 Å². The summed E-state index contributed by atoms with van der Waals surface area (Å²) in [6, 6.07) is 15.6. The minimum Gasteiger partial charge on any atom is -0.383 e. The molecule has 28 heavy (non-hydrogen) atoms. The molecule has 0 bridgehead atoms. The van der Waals surface area contributed by atoms with E-state index in [1.807, 2.05) is 34.9 Å². The van der Waals surface area contributed by atoms with Crippen LogP contribution in [0.1, 0.15) is 24.8 Å². The summed E-state index contributed by atoms with van der Waals surface area (Å²) < 4.78 is 1.96. The highest BCUT2D eigenvalue weighted by atomic mass is 35.5. The first-order chi connectivity index (χ1) is 13.5. The molecule has 3 aromatic heterocycles. The van der Waals surface area contributed by atoms with Crippen LogP contribution in [0.2, 0.25) is 5.15 Å². The number of nitrogen functional groups attached to an aromatic ring is 1. The number of hydrogen-bond donors (Lipinski definition) is 2. The number of hydrogen-bond acceptors (Lipinski definition) is 5. The molecule has 0 saturated heterocycles. The molecule has 140 valence electrons. The Balaban J connectivity index is 1.72. The molecule has 6 nitrogen and oxygen atoms in total. The fourth-order valence-electron chi connectivity index (χ4n) is 3.75. The average Bonchev–Trinajstić information content (AvgIpc) is 3.05. The first kappa shape index (κ1) is 17.2. The van der Waals surface area contributed by atoms with Crippen molar-refractivity contribution in [3.05, 3.63) is 65.4 Å². The van der Waals surface area contributed by atoms with Crippen molar-refractivity contribution >= 4 is 28.6 Å². The summed E-state index contributed by atoms with van der Waals surface area (Å²) in [6.07, 6.45) is 4.89. The van der Waals surface area contributed by atoms with E-state index < -0.39 is 0 Å². The second kappa shape index (κ2) is 6.29. The van der Waals surface area contributed by atoms with Gasteiger partial charge < -0.3 is 11.5 Å². The summed E-state index contributed by atoms with van der Waals surface area (Å²) in [5, 5.41) is 0.409. The molecule has 0 spiro atoms. The van der Waals surface area contributed by atoms with E-state index in [1.54, 1.807) is 12.3 Å². The Kier molecular flexibility index (Phi) is 3.86. The smallest absolute Gasteiger partial charge is 0.166 e. The molecule has 7 heteroatoms. The van der Waals surface area contributed by atoms with Gasteiger partial charge in [0, 0.05) is 17.4 Å². The van der Waals surface area contributed by atoms with Crippen LogP contribution in [0.3, 0.4) is 0 Å². The van der Waals surface area contributed by atoms with Gasteiger partial charge in [0.2, 0.25) is 0 Å². The van der Waals surface area contributed by atoms with Crippen LogP contribution >= 0.6 is 11.6 Å². The normalized spacial score (nSPS) is 15.5. The fourth-order valence-corrected chi connectivity index (χ4v) is 3.90. The molecule has 5 rings (SSSR count). The Morgan fingerprint density at radius 3 is 2.46 bits per heavy atom. The van der Waals surface area contributed by atoms with Crippen LogP contribution in [0, 0.1) is 0 Å². The number of nitrogens with two attached hydrogens (primary N) is 2. The van der Waals surface area contributed by atoms with Crippen LogP contribution in [0.15, 0.2) is 54.7 Å². The van der Waals surface area contributed by atoms with Crippen molar-refractivity contribution in [3.63, 3.8) is 0 Å². The summed E-state index contributed by atoms with van der Waals surface area (Å²) in [5.41, 5.74) is 16.6. The summed E-state index contributed by atoms with van der Waals surface area (Å²) in [6.45, 7) is 0. The van der Waals surface area contributed by atoms with E-state index in [-0.39, 0.29) is 5.54 Å². The van der Waals surface area contributed by atoms with Gasteiger partial charge in [-0.05, 0) is 61.2 Å². The molecule has 1 saturated carbocycles. The lowest BCUT2D eigenvalue weighted by atomic mass is 9.73. The molecular weight excluding hydrogens is 372 g/mol. The maximum Gasteiger partial charge on any atom is 0.166 e. The number of pyridine rings is 2. The molecule has 1 aliphatic rings. The highest BCUT2D eigenvalue weighted by Crippen LogP contribution is 2.39. The Bertz CT molecular complexity index is 1180. The van der Waals surface area contributed by atoms with E-state index in [4.69, 9.17) is 28.1 Å². The van der Waals surface area contributed by atoms with Crippen LogP contribution in [-0.4, -0.2) is 19.5 Å². The van der Waals surface area contributed by atoms with Gasteiger partial charge in [-0.15, -0.1) is 0 Å². The highest BCUT2D eigenvalue weighted by Gasteiger charge is 2.34. The predicted octanol–water partition coefficient (Wildman–Crippen LogP) is 4.06. The lowest BCUT2D eigenvalue weighted by molar-refractivity contribution is 0.253. The van der Waals surface area contributed by atoms with Crippen LogP contribution in [0.5, 0.6) is 0 Å². The number of imidazole rings is 1. The maximum atomic E-state index is 6.47. The highest BCUT2D eigenvalue weighted by molar-refractivity contribution is 6.29. The molecule has 0 unspecified atom stereocenters. The molecule has 0 amide bonds. The van der Waals surface area contributed by atoms with Crippen molar-refractivity contribution in [1.29, 1.82) is 0 Å². The quantitative estimate of drug-likeness (QED) is 0.514. The molecule has 1 aromatic carbocycles. The number of benzene rings is 1. The predicted molar refractivity (Wildman–Crippen MR) is 111 cm³/mol. The molecule has 0 atom stereocenters. The third-order valence-corrected chi connectivity index (χ3v) is 5.71. The van der Waals surface area contributed by atoms with Crippen LogP contribution in [-0.2, 0) is 5.54 Å². The number of aromatic nitrogens is 4. The largest absolute Gasteiger partial charge is 0.383 e. The Morgan fingerprint density at radius 1 is 1.00 bits per heavy atom. The number of fused-ring (bicyclic) bond motifs is 1. The molecule has 4 aromatic rings. The Hall–Kier alpha value is -2.96. The Labute approximate surface area is 167 Å². The summed E-state index contributed by atoms with van der Waals surface area (Å²) in [5.74, 6) is 1.09. The summed E-state index contributed by atoms with van der Waals surface area (Å²) in [7, 11) is 0. The van der Waals surface area contributed by atoms with Crippen molar-refractivity contribution in [1.82, 2.24) is 19.5 Å². The van der Waals surface area contributed by atoms with E-state index >= 15 is 0 Å². The minimum atomic E-state index is -0.201. The van der Waals surface area contributed by atoms with Gasteiger partial charge in [0.15, 0.2) is 11.5 Å². The molecule has 0 aliphatic heterocycles. The van der Waals surface area contributed by atoms with E-state index in [1.165, 1.54) is 6.42 Å². The first-order valence-electron chi connectivity index (χ1n) is 9.21. The van der Waals surface area contributed by atoms with Gasteiger partial charge in [0.1, 0.15) is 16.5 Å².